The number of ether oxygens (including phenoxy) is 1. The number of amides is 1. The first-order valence-corrected chi connectivity index (χ1v) is 7.97. The summed E-state index contributed by atoms with van der Waals surface area (Å²) in [5.74, 6) is 0.874. The molecule has 6 nitrogen and oxygen atoms in total. The van der Waals surface area contributed by atoms with Crippen LogP contribution in [0.3, 0.4) is 0 Å². The highest BCUT2D eigenvalue weighted by molar-refractivity contribution is 5.86. The lowest BCUT2D eigenvalue weighted by Gasteiger charge is -2.37. The molecule has 2 fully saturated rings. The van der Waals surface area contributed by atoms with Gasteiger partial charge < -0.3 is 20.7 Å². The smallest absolute Gasteiger partial charge is 0.242 e. The third-order valence-electron chi connectivity index (χ3n) is 4.63. The number of nitrogens with zero attached hydrogens (tertiary/aromatic N) is 2. The summed E-state index contributed by atoms with van der Waals surface area (Å²) in [6.07, 6.45) is 3.49. The molecular formula is C16H24N4O2. The van der Waals surface area contributed by atoms with E-state index < -0.39 is 5.54 Å². The van der Waals surface area contributed by atoms with E-state index >= 15 is 0 Å². The third-order valence-corrected chi connectivity index (χ3v) is 4.63. The van der Waals surface area contributed by atoms with Gasteiger partial charge in [0.1, 0.15) is 11.9 Å². The number of carbonyl (C=O) groups is 1. The van der Waals surface area contributed by atoms with E-state index in [9.17, 15) is 4.79 Å². The molecule has 1 saturated carbocycles. The summed E-state index contributed by atoms with van der Waals surface area (Å²) in [5, 5.41) is 3.02. The zero-order chi connectivity index (χ0) is 15.6. The average molecular weight is 304 g/mol. The molecule has 0 unspecified atom stereocenters. The molecule has 2 heterocycles. The number of carbonyl (C=O) groups excluding carboxylic acids is 1. The van der Waals surface area contributed by atoms with Crippen molar-refractivity contribution in [1.82, 2.24) is 9.88 Å². The van der Waals surface area contributed by atoms with Gasteiger partial charge in [0.25, 0.3) is 0 Å². The van der Waals surface area contributed by atoms with Crippen LogP contribution in [0.1, 0.15) is 37.5 Å². The Morgan fingerprint density at radius 1 is 1.45 bits per heavy atom. The minimum absolute atomic E-state index is 0.0723. The minimum atomic E-state index is -0.665. The zero-order valence-electron chi connectivity index (χ0n) is 13.0. The fourth-order valence-electron chi connectivity index (χ4n) is 3.32. The van der Waals surface area contributed by atoms with Crippen molar-refractivity contribution in [2.75, 3.05) is 32.1 Å². The monoisotopic (exact) mass is 304 g/mol. The second kappa shape index (κ2) is 6.22. The molecule has 1 amide bonds. The maximum absolute atomic E-state index is 12.7. The van der Waals surface area contributed by atoms with Crippen molar-refractivity contribution in [3.63, 3.8) is 0 Å². The van der Waals surface area contributed by atoms with Crippen LogP contribution in [0.4, 0.5) is 5.82 Å². The molecule has 1 aromatic rings. The topological polar surface area (TPSA) is 80.5 Å². The highest BCUT2D eigenvalue weighted by atomic mass is 16.5. The average Bonchev–Trinajstić information content (AvgIpc) is 3.02. The second-order valence-electron chi connectivity index (χ2n) is 6.17. The summed E-state index contributed by atoms with van der Waals surface area (Å²) >= 11 is 0. The van der Waals surface area contributed by atoms with E-state index in [1.165, 1.54) is 0 Å². The number of rotatable bonds is 3. The van der Waals surface area contributed by atoms with Crippen LogP contribution in [0.5, 0.6) is 0 Å². The maximum atomic E-state index is 12.7. The molecule has 1 saturated heterocycles. The number of nitrogens with two attached hydrogens (primary N) is 1. The number of hydrogen-bond acceptors (Lipinski definition) is 5. The van der Waals surface area contributed by atoms with E-state index in [-0.39, 0.29) is 12.0 Å². The second-order valence-corrected chi connectivity index (χ2v) is 6.17. The van der Waals surface area contributed by atoms with Gasteiger partial charge in [-0.1, -0.05) is 18.9 Å². The lowest BCUT2D eigenvalue weighted by atomic mass is 9.96. The largest absolute Gasteiger partial charge is 0.373 e. The summed E-state index contributed by atoms with van der Waals surface area (Å²) in [5.41, 5.74) is 6.49. The van der Waals surface area contributed by atoms with Crippen molar-refractivity contribution in [3.8, 4) is 0 Å². The number of hydrogen-bond donors (Lipinski definition) is 2. The van der Waals surface area contributed by atoms with Crippen molar-refractivity contribution in [1.29, 1.82) is 0 Å². The number of aromatic nitrogens is 1. The van der Waals surface area contributed by atoms with Crippen molar-refractivity contribution in [2.45, 2.75) is 37.3 Å². The van der Waals surface area contributed by atoms with Crippen molar-refractivity contribution in [2.24, 2.45) is 5.73 Å². The summed E-state index contributed by atoms with van der Waals surface area (Å²) in [7, 11) is 1.84. The molecule has 3 rings (SSSR count). The van der Waals surface area contributed by atoms with E-state index in [1.54, 1.807) is 0 Å². The SMILES string of the molecule is CNc1cccc([C@H]2CN(C(=O)C3(N)CCCC3)CCO2)n1. The molecule has 120 valence electrons. The summed E-state index contributed by atoms with van der Waals surface area (Å²) in [4.78, 5) is 19.1. The Morgan fingerprint density at radius 3 is 2.95 bits per heavy atom. The molecule has 1 aromatic heterocycles. The van der Waals surface area contributed by atoms with E-state index in [1.807, 2.05) is 30.1 Å². The Bertz CT molecular complexity index is 543. The van der Waals surface area contributed by atoms with Crippen LogP contribution in [0.2, 0.25) is 0 Å². The lowest BCUT2D eigenvalue weighted by molar-refractivity contribution is -0.144. The van der Waals surface area contributed by atoms with Crippen LogP contribution in [-0.4, -0.2) is 48.1 Å². The number of nitrogens with one attached hydrogen (secondary N) is 1. The third kappa shape index (κ3) is 2.94. The lowest BCUT2D eigenvalue weighted by Crippen LogP contribution is -2.56. The Labute approximate surface area is 131 Å². The molecule has 0 aromatic carbocycles. The van der Waals surface area contributed by atoms with E-state index in [0.717, 1.165) is 37.2 Å². The van der Waals surface area contributed by atoms with E-state index in [4.69, 9.17) is 10.5 Å². The molecule has 3 N–H and O–H groups in total. The Balaban J connectivity index is 1.72. The quantitative estimate of drug-likeness (QED) is 0.879. The van der Waals surface area contributed by atoms with Crippen LogP contribution in [0.15, 0.2) is 18.2 Å². The van der Waals surface area contributed by atoms with Gasteiger partial charge in [-0.15, -0.1) is 0 Å². The molecule has 0 bridgehead atoms. The molecule has 1 aliphatic carbocycles. The number of pyridine rings is 1. The first-order valence-electron chi connectivity index (χ1n) is 7.97. The molecule has 1 aliphatic heterocycles. The molecule has 1 atom stereocenters. The van der Waals surface area contributed by atoms with Gasteiger partial charge >= 0.3 is 0 Å². The van der Waals surface area contributed by atoms with Gasteiger partial charge in [-0.05, 0) is 25.0 Å². The van der Waals surface area contributed by atoms with Gasteiger partial charge in [0.05, 0.1) is 24.4 Å². The molecular weight excluding hydrogens is 280 g/mol. The standard InChI is InChI=1S/C16H24N4O2/c1-18-14-6-4-5-12(19-14)13-11-20(9-10-22-13)15(21)16(17)7-2-3-8-16/h4-6,13H,2-3,7-11,17H2,1H3,(H,18,19)/t13-/m1/s1. The molecule has 2 aliphatic rings. The molecule has 0 spiro atoms. The number of morpholine rings is 1. The highest BCUT2D eigenvalue weighted by Crippen LogP contribution is 2.31. The fourth-order valence-corrected chi connectivity index (χ4v) is 3.32. The highest BCUT2D eigenvalue weighted by Gasteiger charge is 2.41. The van der Waals surface area contributed by atoms with Crippen molar-refractivity contribution in [3.05, 3.63) is 23.9 Å². The summed E-state index contributed by atoms with van der Waals surface area (Å²) in [6, 6.07) is 5.79. The first-order chi connectivity index (χ1) is 10.6. The van der Waals surface area contributed by atoms with Gasteiger partial charge in [-0.3, -0.25) is 4.79 Å². The first kappa shape index (κ1) is 15.2. The predicted octanol–water partition coefficient (Wildman–Crippen LogP) is 1.29. The summed E-state index contributed by atoms with van der Waals surface area (Å²) < 4.78 is 5.81. The van der Waals surface area contributed by atoms with Crippen LogP contribution in [-0.2, 0) is 9.53 Å². The maximum Gasteiger partial charge on any atom is 0.242 e. The fraction of sp³-hybridized carbons (Fsp3) is 0.625. The molecule has 6 heteroatoms. The molecule has 22 heavy (non-hydrogen) atoms. The Kier molecular flexibility index (Phi) is 4.31. The Hall–Kier alpha value is -1.66. The van der Waals surface area contributed by atoms with Crippen LogP contribution in [0, 0.1) is 0 Å². The van der Waals surface area contributed by atoms with E-state index in [0.29, 0.717) is 19.7 Å². The normalized spacial score (nSPS) is 24.3. The zero-order valence-corrected chi connectivity index (χ0v) is 13.0. The van der Waals surface area contributed by atoms with Gasteiger partial charge in [0.15, 0.2) is 0 Å². The van der Waals surface area contributed by atoms with Gasteiger partial charge in [0.2, 0.25) is 5.91 Å². The van der Waals surface area contributed by atoms with Crippen molar-refractivity contribution >= 4 is 11.7 Å². The van der Waals surface area contributed by atoms with Gasteiger partial charge in [0, 0.05) is 13.6 Å². The van der Waals surface area contributed by atoms with Crippen molar-refractivity contribution < 1.29 is 9.53 Å². The van der Waals surface area contributed by atoms with Gasteiger partial charge in [-0.25, -0.2) is 4.98 Å². The predicted molar refractivity (Wildman–Crippen MR) is 84.4 cm³/mol. The minimum Gasteiger partial charge on any atom is -0.373 e. The molecule has 0 radical (unpaired) electrons. The van der Waals surface area contributed by atoms with Gasteiger partial charge in [-0.2, -0.15) is 0 Å². The summed E-state index contributed by atoms with van der Waals surface area (Å²) in [6.45, 7) is 1.66. The van der Waals surface area contributed by atoms with Crippen LogP contribution < -0.4 is 11.1 Å². The Morgan fingerprint density at radius 2 is 2.23 bits per heavy atom. The van der Waals surface area contributed by atoms with Crippen LogP contribution >= 0.6 is 0 Å². The number of anilines is 1. The van der Waals surface area contributed by atoms with Crippen LogP contribution in [0.25, 0.3) is 0 Å². The van der Waals surface area contributed by atoms with E-state index in [2.05, 4.69) is 10.3 Å².